The van der Waals surface area contributed by atoms with Crippen molar-refractivity contribution in [2.75, 3.05) is 11.9 Å². The summed E-state index contributed by atoms with van der Waals surface area (Å²) < 4.78 is 34.5. The molecule has 1 aromatic carbocycles. The summed E-state index contributed by atoms with van der Waals surface area (Å²) in [5.41, 5.74) is 3.62. The summed E-state index contributed by atoms with van der Waals surface area (Å²) in [6.07, 6.45) is 7.34. The lowest BCUT2D eigenvalue weighted by Gasteiger charge is -2.40. The molecular formula is C27H41BN6O3SSi. The molecule has 2 heterocycles. The summed E-state index contributed by atoms with van der Waals surface area (Å²) in [5, 5.41) is 10.2. The molecule has 2 aliphatic rings. The van der Waals surface area contributed by atoms with Gasteiger partial charge in [-0.15, -0.1) is 0 Å². The molecule has 5 rings (SSSR count). The Morgan fingerprint density at radius 2 is 1.95 bits per heavy atom. The van der Waals surface area contributed by atoms with E-state index in [0.29, 0.717) is 6.54 Å². The molecule has 39 heavy (non-hydrogen) atoms. The molecule has 1 fully saturated rings. The number of nitrogens with two attached hydrogens (primary N) is 1. The lowest BCUT2D eigenvalue weighted by Crippen LogP contribution is -2.47. The zero-order valence-corrected chi connectivity index (χ0v) is 25.7. The lowest BCUT2D eigenvalue weighted by atomic mass is 10.1. The predicted molar refractivity (Wildman–Crippen MR) is 161 cm³/mol. The van der Waals surface area contributed by atoms with Gasteiger partial charge in [0.1, 0.15) is 17.8 Å². The Bertz CT molecular complexity index is 1460. The number of aryl methyl sites for hydroxylation is 1. The minimum Gasteiger partial charge on any atom is -0.414 e. The van der Waals surface area contributed by atoms with Gasteiger partial charge in [-0.25, -0.2) is 19.3 Å². The average molecular weight is 569 g/mol. The van der Waals surface area contributed by atoms with Gasteiger partial charge in [0.25, 0.3) is 10.2 Å². The Morgan fingerprint density at radius 1 is 1.21 bits per heavy atom. The average Bonchev–Trinajstić information content (AvgIpc) is 3.55. The Labute approximate surface area is 234 Å². The molecule has 4 atom stereocenters. The summed E-state index contributed by atoms with van der Waals surface area (Å²) in [4.78, 5) is 9.30. The summed E-state index contributed by atoms with van der Waals surface area (Å²) in [6.45, 7) is 11.5. The minimum absolute atomic E-state index is 0.0272. The molecule has 2 aliphatic carbocycles. The molecule has 0 radical (unpaired) electrons. The molecule has 9 nitrogen and oxygen atoms in total. The van der Waals surface area contributed by atoms with E-state index < -0.39 is 18.5 Å². The summed E-state index contributed by atoms with van der Waals surface area (Å²) in [7, 11) is -4.31. The van der Waals surface area contributed by atoms with E-state index in [-0.39, 0.29) is 29.1 Å². The van der Waals surface area contributed by atoms with Crippen LogP contribution in [0.15, 0.2) is 42.9 Å². The number of nitrogens with zero attached hydrogens (tertiary/aromatic N) is 4. The fourth-order valence-electron chi connectivity index (χ4n) is 5.86. The molecule has 210 valence electrons. The molecular weight excluding hydrogens is 527 g/mol. The first-order chi connectivity index (χ1) is 18.2. The zero-order valence-electron chi connectivity index (χ0n) is 23.9. The van der Waals surface area contributed by atoms with Gasteiger partial charge in [0.05, 0.1) is 17.5 Å². The van der Waals surface area contributed by atoms with Crippen molar-refractivity contribution in [1.29, 1.82) is 0 Å². The van der Waals surface area contributed by atoms with Crippen LogP contribution in [0, 0.1) is 5.92 Å². The van der Waals surface area contributed by atoms with Gasteiger partial charge >= 0.3 is 0 Å². The number of anilines is 1. The van der Waals surface area contributed by atoms with Crippen LogP contribution in [0.3, 0.4) is 0 Å². The fraction of sp³-hybridized carbons (Fsp3) is 0.556. The van der Waals surface area contributed by atoms with Gasteiger partial charge in [0.2, 0.25) is 7.98 Å². The van der Waals surface area contributed by atoms with E-state index >= 15 is 0 Å². The summed E-state index contributed by atoms with van der Waals surface area (Å²) in [6, 6.07) is 11.0. The van der Waals surface area contributed by atoms with Crippen LogP contribution in [0.5, 0.6) is 0 Å². The van der Waals surface area contributed by atoms with Crippen molar-refractivity contribution in [3.63, 3.8) is 0 Å². The largest absolute Gasteiger partial charge is 0.414 e. The molecule has 0 amide bonds. The van der Waals surface area contributed by atoms with Crippen molar-refractivity contribution in [1.82, 2.24) is 18.8 Å². The highest BCUT2D eigenvalue weighted by Gasteiger charge is 2.45. The smallest absolute Gasteiger partial charge is 0.266 e. The van der Waals surface area contributed by atoms with Crippen molar-refractivity contribution < 1.29 is 12.8 Å². The van der Waals surface area contributed by atoms with Crippen molar-refractivity contribution in [3.8, 4) is 0 Å². The zero-order chi connectivity index (χ0) is 28.2. The highest BCUT2D eigenvalue weighted by Crippen LogP contribution is 2.45. The maximum atomic E-state index is 12.1. The Morgan fingerprint density at radius 3 is 2.67 bits per heavy atom. The monoisotopic (exact) mass is 568 g/mol. The predicted octanol–water partition coefficient (Wildman–Crippen LogP) is 3.93. The van der Waals surface area contributed by atoms with Gasteiger partial charge in [-0.1, -0.05) is 45.0 Å². The van der Waals surface area contributed by atoms with Gasteiger partial charge in [-0.3, -0.25) is 0 Å². The number of rotatable bonds is 8. The highest BCUT2D eigenvalue weighted by atomic mass is 32.2. The molecule has 0 aliphatic heterocycles. The quantitative estimate of drug-likeness (QED) is 0.398. The van der Waals surface area contributed by atoms with Crippen molar-refractivity contribution >= 4 is 43.4 Å². The Balaban J connectivity index is 1.42. The van der Waals surface area contributed by atoms with E-state index in [1.165, 1.54) is 15.3 Å². The summed E-state index contributed by atoms with van der Waals surface area (Å²) in [5.74, 6) is 0.873. The van der Waals surface area contributed by atoms with Gasteiger partial charge in [0.15, 0.2) is 8.32 Å². The highest BCUT2D eigenvalue weighted by molar-refractivity contribution is 7.87. The van der Waals surface area contributed by atoms with Crippen LogP contribution in [0.2, 0.25) is 18.1 Å². The number of hydrogen-bond donors (Lipinski definition) is 2. The van der Waals surface area contributed by atoms with Crippen molar-refractivity contribution in [2.24, 2.45) is 11.1 Å². The molecule has 1 unspecified atom stereocenters. The second-order valence-electron chi connectivity index (χ2n) is 12.7. The second kappa shape index (κ2) is 10.3. The molecule has 0 bridgehead atoms. The minimum atomic E-state index is -3.78. The van der Waals surface area contributed by atoms with E-state index in [0.717, 1.165) is 42.5 Å². The Hall–Kier alpha value is -2.25. The SMILES string of the molecule is BN(C[C@@H]1C[C@@H](n2ccc3c(NC4CCc5ccccc54)ncnc32)C[C@@H]1O[Si](C)(C)C(C)(C)C)S(N)(=O)=O. The molecule has 3 aromatic rings. The van der Waals surface area contributed by atoms with Gasteiger partial charge in [-0.2, -0.15) is 8.42 Å². The van der Waals surface area contributed by atoms with E-state index in [1.807, 2.05) is 0 Å². The number of nitrogens with one attached hydrogen (secondary N) is 1. The topological polar surface area (TPSA) is 115 Å². The number of aromatic nitrogens is 3. The molecule has 12 heteroatoms. The molecule has 2 aromatic heterocycles. The van der Waals surface area contributed by atoms with E-state index in [4.69, 9.17) is 9.56 Å². The third-order valence-electron chi connectivity index (χ3n) is 9.13. The van der Waals surface area contributed by atoms with Crippen LogP contribution in [0.1, 0.15) is 63.2 Å². The van der Waals surface area contributed by atoms with Crippen LogP contribution in [0.25, 0.3) is 11.0 Å². The molecule has 0 saturated heterocycles. The first-order valence-corrected chi connectivity index (χ1v) is 18.2. The number of fused-ring (bicyclic) bond motifs is 2. The van der Waals surface area contributed by atoms with E-state index in [9.17, 15) is 8.42 Å². The Kier molecular flexibility index (Phi) is 7.47. The second-order valence-corrected chi connectivity index (χ2v) is 19.2. The van der Waals surface area contributed by atoms with E-state index in [1.54, 1.807) is 14.3 Å². The number of hydrogen-bond acceptors (Lipinski definition) is 6. The molecule has 1 saturated carbocycles. The molecule has 0 spiro atoms. The van der Waals surface area contributed by atoms with Crippen LogP contribution >= 0.6 is 0 Å². The van der Waals surface area contributed by atoms with E-state index in [2.05, 4.69) is 90.2 Å². The third-order valence-corrected chi connectivity index (χ3v) is 14.7. The normalized spacial score (nSPS) is 24.0. The standard InChI is InChI=1S/C27H41BN6O3SSi/c1-27(2,3)39(4,5)37-24-15-20(14-19(24)16-34(28)38(29,35)36)33-13-12-22-25(30-17-31-26(22)33)32-23-11-10-18-8-6-7-9-21(18)23/h6-9,12-13,17,19-20,23-24H,10-11,14-16,28H2,1-5H3,(H2,29,35,36)(H,30,31,32)/t19-,20+,23?,24-/m0/s1. The lowest BCUT2D eigenvalue weighted by molar-refractivity contribution is 0.135. The van der Waals surface area contributed by atoms with Crippen LogP contribution in [0.4, 0.5) is 5.82 Å². The van der Waals surface area contributed by atoms with Gasteiger partial charge in [-0.05, 0) is 66.9 Å². The van der Waals surface area contributed by atoms with Crippen LogP contribution in [-0.4, -0.2) is 56.1 Å². The first-order valence-electron chi connectivity index (χ1n) is 13.8. The maximum absolute atomic E-state index is 12.1. The number of benzene rings is 1. The maximum Gasteiger partial charge on any atom is 0.266 e. The van der Waals surface area contributed by atoms with Gasteiger partial charge < -0.3 is 14.3 Å². The molecule has 3 N–H and O–H groups in total. The van der Waals surface area contributed by atoms with Crippen LogP contribution < -0.4 is 10.5 Å². The van der Waals surface area contributed by atoms with Crippen molar-refractivity contribution in [2.45, 2.75) is 82.8 Å². The summed E-state index contributed by atoms with van der Waals surface area (Å²) >= 11 is 0. The van der Waals surface area contributed by atoms with Crippen molar-refractivity contribution in [3.05, 3.63) is 54.0 Å². The van der Waals surface area contributed by atoms with Gasteiger partial charge in [0, 0.05) is 18.8 Å². The fourth-order valence-corrected chi connectivity index (χ4v) is 7.66. The third kappa shape index (κ3) is 5.67. The van der Waals surface area contributed by atoms with Crippen LogP contribution in [-0.2, 0) is 21.1 Å². The first kappa shape index (κ1) is 28.3.